The summed E-state index contributed by atoms with van der Waals surface area (Å²) in [5, 5.41) is 6.78. The maximum absolute atomic E-state index is 12.3. The summed E-state index contributed by atoms with van der Waals surface area (Å²) in [4.78, 5) is 12.3. The second-order valence-corrected chi connectivity index (χ2v) is 6.20. The molecule has 3 atom stereocenters. The van der Waals surface area contributed by atoms with Crippen LogP contribution in [0.5, 0.6) is 0 Å². The molecule has 19 heavy (non-hydrogen) atoms. The zero-order valence-corrected chi connectivity index (χ0v) is 11.1. The summed E-state index contributed by atoms with van der Waals surface area (Å²) in [5.74, 6) is 0.106. The van der Waals surface area contributed by atoms with E-state index in [1.807, 2.05) is 6.07 Å². The Bertz CT molecular complexity index is 525. The zero-order chi connectivity index (χ0) is 12.8. The van der Waals surface area contributed by atoms with Gasteiger partial charge in [0.15, 0.2) is 0 Å². The van der Waals surface area contributed by atoms with Crippen LogP contribution in [-0.4, -0.2) is 24.0 Å². The summed E-state index contributed by atoms with van der Waals surface area (Å²) in [6.07, 6.45) is 7.12. The fourth-order valence-corrected chi connectivity index (χ4v) is 3.95. The Morgan fingerprint density at radius 1 is 1.21 bits per heavy atom. The lowest BCUT2D eigenvalue weighted by atomic mass is 9.95. The summed E-state index contributed by atoms with van der Waals surface area (Å²) in [6, 6.07) is 7.69. The van der Waals surface area contributed by atoms with Crippen LogP contribution in [-0.2, 0) is 12.8 Å². The van der Waals surface area contributed by atoms with Crippen molar-refractivity contribution in [2.45, 2.75) is 56.7 Å². The van der Waals surface area contributed by atoms with Crippen molar-refractivity contribution in [2.24, 2.45) is 0 Å². The van der Waals surface area contributed by atoms with E-state index in [0.29, 0.717) is 18.1 Å². The van der Waals surface area contributed by atoms with Gasteiger partial charge in [0.05, 0.1) is 0 Å². The van der Waals surface area contributed by atoms with Crippen molar-refractivity contribution in [1.29, 1.82) is 0 Å². The normalized spacial score (nSPS) is 31.5. The van der Waals surface area contributed by atoms with Gasteiger partial charge in [-0.3, -0.25) is 4.79 Å². The zero-order valence-electron chi connectivity index (χ0n) is 11.1. The van der Waals surface area contributed by atoms with Gasteiger partial charge in [0.1, 0.15) is 0 Å². The van der Waals surface area contributed by atoms with Crippen LogP contribution < -0.4 is 10.6 Å². The van der Waals surface area contributed by atoms with Crippen LogP contribution in [0.4, 0.5) is 0 Å². The van der Waals surface area contributed by atoms with Gasteiger partial charge in [-0.2, -0.15) is 0 Å². The fourth-order valence-electron chi connectivity index (χ4n) is 3.95. The van der Waals surface area contributed by atoms with Crippen molar-refractivity contribution in [3.8, 4) is 0 Å². The smallest absolute Gasteiger partial charge is 0.251 e. The van der Waals surface area contributed by atoms with Crippen LogP contribution in [0.25, 0.3) is 0 Å². The highest BCUT2D eigenvalue weighted by molar-refractivity contribution is 5.94. The van der Waals surface area contributed by atoms with E-state index in [4.69, 9.17) is 0 Å². The fraction of sp³-hybridized carbons (Fsp3) is 0.562. The second kappa shape index (κ2) is 4.34. The highest BCUT2D eigenvalue weighted by Gasteiger charge is 2.39. The third-order valence-corrected chi connectivity index (χ3v) is 4.98. The van der Waals surface area contributed by atoms with E-state index in [9.17, 15) is 4.79 Å². The van der Waals surface area contributed by atoms with Gasteiger partial charge in [-0.25, -0.2) is 0 Å². The number of benzene rings is 1. The third-order valence-electron chi connectivity index (χ3n) is 4.98. The maximum Gasteiger partial charge on any atom is 0.251 e. The predicted octanol–water partition coefficient (Wildman–Crippen LogP) is 1.80. The molecule has 0 saturated carbocycles. The van der Waals surface area contributed by atoms with Gasteiger partial charge < -0.3 is 10.6 Å². The standard InChI is InChI=1S/C16H20N2O/c19-16(18-15-9-13-6-7-14(15)17-13)12-5-4-10-2-1-3-11(10)8-12/h4-5,8,13-15,17H,1-3,6-7,9H2,(H,18,19)/t13?,14?,15-/m1/s1. The Kier molecular flexibility index (Phi) is 2.62. The number of nitrogens with one attached hydrogen (secondary N) is 2. The van der Waals surface area contributed by atoms with Gasteiger partial charge in [-0.05, 0) is 61.8 Å². The molecule has 1 aromatic carbocycles. The second-order valence-electron chi connectivity index (χ2n) is 6.20. The van der Waals surface area contributed by atoms with E-state index in [0.717, 1.165) is 18.4 Å². The summed E-state index contributed by atoms with van der Waals surface area (Å²) in [7, 11) is 0. The van der Waals surface area contributed by atoms with Crippen LogP contribution in [0.15, 0.2) is 18.2 Å². The molecule has 2 bridgehead atoms. The molecule has 2 fully saturated rings. The Hall–Kier alpha value is -1.35. The molecule has 1 amide bonds. The summed E-state index contributed by atoms with van der Waals surface area (Å²) < 4.78 is 0. The van der Waals surface area contributed by atoms with Crippen molar-refractivity contribution in [3.05, 3.63) is 34.9 Å². The van der Waals surface area contributed by atoms with Crippen molar-refractivity contribution in [3.63, 3.8) is 0 Å². The molecule has 3 aliphatic rings. The van der Waals surface area contributed by atoms with Crippen molar-refractivity contribution < 1.29 is 4.79 Å². The molecule has 1 aliphatic carbocycles. The van der Waals surface area contributed by atoms with E-state index in [-0.39, 0.29) is 5.91 Å². The minimum atomic E-state index is 0.106. The predicted molar refractivity (Wildman–Crippen MR) is 74.3 cm³/mol. The third kappa shape index (κ3) is 1.96. The number of hydrogen-bond acceptors (Lipinski definition) is 2. The first-order valence-electron chi connectivity index (χ1n) is 7.48. The molecule has 2 saturated heterocycles. The number of carbonyl (C=O) groups excluding carboxylic acids is 1. The van der Waals surface area contributed by atoms with Gasteiger partial charge in [-0.1, -0.05) is 6.07 Å². The lowest BCUT2D eigenvalue weighted by molar-refractivity contribution is 0.0931. The molecule has 2 N–H and O–H groups in total. The minimum absolute atomic E-state index is 0.106. The Morgan fingerprint density at radius 3 is 2.89 bits per heavy atom. The number of amides is 1. The van der Waals surface area contributed by atoms with Gasteiger partial charge in [0.25, 0.3) is 5.91 Å². The highest BCUT2D eigenvalue weighted by Crippen LogP contribution is 2.28. The average molecular weight is 256 g/mol. The Balaban J connectivity index is 1.48. The number of hydrogen-bond donors (Lipinski definition) is 2. The number of carbonyl (C=O) groups is 1. The van der Waals surface area contributed by atoms with Crippen LogP contribution in [0.1, 0.15) is 47.2 Å². The Labute approximate surface area is 113 Å². The monoisotopic (exact) mass is 256 g/mol. The molecule has 0 spiro atoms. The van der Waals surface area contributed by atoms with Gasteiger partial charge in [0.2, 0.25) is 0 Å². The van der Waals surface area contributed by atoms with Crippen LogP contribution in [0.3, 0.4) is 0 Å². The van der Waals surface area contributed by atoms with Gasteiger partial charge in [0, 0.05) is 23.7 Å². The lowest BCUT2D eigenvalue weighted by Gasteiger charge is -2.21. The summed E-state index contributed by atoms with van der Waals surface area (Å²) in [6.45, 7) is 0. The maximum atomic E-state index is 12.3. The molecule has 1 aromatic rings. The average Bonchev–Trinajstić information content (AvgIpc) is 3.13. The first-order chi connectivity index (χ1) is 9.29. The van der Waals surface area contributed by atoms with Crippen LogP contribution in [0, 0.1) is 0 Å². The van der Waals surface area contributed by atoms with E-state index < -0.39 is 0 Å². The van der Waals surface area contributed by atoms with Crippen LogP contribution >= 0.6 is 0 Å². The Morgan fingerprint density at radius 2 is 2.11 bits per heavy atom. The lowest BCUT2D eigenvalue weighted by Crippen LogP contribution is -2.42. The molecule has 0 radical (unpaired) electrons. The first-order valence-corrected chi connectivity index (χ1v) is 7.48. The van der Waals surface area contributed by atoms with E-state index in [2.05, 4.69) is 22.8 Å². The van der Waals surface area contributed by atoms with Crippen molar-refractivity contribution in [2.75, 3.05) is 0 Å². The molecule has 2 heterocycles. The molecule has 0 aromatic heterocycles. The molecule has 4 rings (SSSR count). The molecule has 3 heteroatoms. The van der Waals surface area contributed by atoms with E-state index >= 15 is 0 Å². The highest BCUT2D eigenvalue weighted by atomic mass is 16.1. The van der Waals surface area contributed by atoms with Crippen molar-refractivity contribution in [1.82, 2.24) is 10.6 Å². The molecular weight excluding hydrogens is 236 g/mol. The molecule has 3 nitrogen and oxygen atoms in total. The summed E-state index contributed by atoms with van der Waals surface area (Å²) in [5.41, 5.74) is 3.64. The SMILES string of the molecule is O=C(N[C@@H]1CC2CCC1N2)c1ccc2c(c1)CCC2. The molecule has 2 unspecified atom stereocenters. The largest absolute Gasteiger partial charge is 0.348 e. The van der Waals surface area contributed by atoms with Crippen molar-refractivity contribution >= 4 is 5.91 Å². The van der Waals surface area contributed by atoms with Gasteiger partial charge >= 0.3 is 0 Å². The van der Waals surface area contributed by atoms with E-state index in [1.54, 1.807) is 0 Å². The number of rotatable bonds is 2. The first kappa shape index (κ1) is 11.5. The number of aryl methyl sites for hydroxylation is 2. The summed E-state index contributed by atoms with van der Waals surface area (Å²) >= 11 is 0. The topological polar surface area (TPSA) is 41.1 Å². The van der Waals surface area contributed by atoms with E-state index in [1.165, 1.54) is 36.8 Å². The minimum Gasteiger partial charge on any atom is -0.348 e. The van der Waals surface area contributed by atoms with Gasteiger partial charge in [-0.15, -0.1) is 0 Å². The van der Waals surface area contributed by atoms with Crippen LogP contribution in [0.2, 0.25) is 0 Å². The molecular formula is C16H20N2O. The molecule has 100 valence electrons. The number of fused-ring (bicyclic) bond motifs is 3. The molecule has 2 aliphatic heterocycles. The quantitative estimate of drug-likeness (QED) is 0.847.